The third-order valence-electron chi connectivity index (χ3n) is 16.8. The zero-order valence-corrected chi connectivity index (χ0v) is 73.5. The molecular weight excluding hydrogens is 1750 g/mol. The number of aliphatic hydroxyl groups is 7. The molecule has 0 amide bonds. The highest BCUT2D eigenvalue weighted by atomic mass is 16.5. The Hall–Kier alpha value is -7.42. The number of hydrogen-bond donors (Lipinski definition) is 7. The molecule has 0 saturated heterocycles. The number of likely N-dealkylation sites (N-methyl/N-ethyl adjacent to an activating group) is 7. The largest absolute Gasteiger partial charge is 0.497 e. The van der Waals surface area contributed by atoms with Crippen LogP contribution in [0.2, 0.25) is 0 Å². The average Bonchev–Trinajstić information content (AvgIpc) is 0.638. The van der Waals surface area contributed by atoms with E-state index in [-0.39, 0.29) is 9.80 Å². The normalized spacial score (nSPS) is 50.5. The quantitative estimate of drug-likeness (QED) is 0.0196. The fourth-order valence-electron chi connectivity index (χ4n) is 10.7. The van der Waals surface area contributed by atoms with Gasteiger partial charge in [0, 0.05) is 224 Å². The van der Waals surface area contributed by atoms with E-state index >= 15 is 0 Å². The number of hydrogen-bond acceptors (Lipinski definition) is 21. The summed E-state index contributed by atoms with van der Waals surface area (Å²) in [5.74, 6) is -34.6. The van der Waals surface area contributed by atoms with Crippen LogP contribution in [0.25, 0.3) is 0 Å². The molecule has 21 heteroatoms. The molecule has 0 heterocycles. The first kappa shape index (κ1) is 27.6. The first-order valence-corrected chi connectivity index (χ1v) is 38.1. The van der Waals surface area contributed by atoms with E-state index in [4.69, 9.17) is 199 Å². The van der Waals surface area contributed by atoms with Gasteiger partial charge in [0.05, 0.1) is 156 Å². The highest BCUT2D eigenvalue weighted by molar-refractivity contribution is 5.38. The Bertz CT molecular complexity index is 11700. The standard InChI is InChI=1S/7C17H27NO2/c7*1-18(2)13-16(17(19)11-5-4-6-12-17)14-7-9-15(20-3)10-8-14/h7*7-10,16,19H,4-6,11-13H2,1-3H3/t7*16-/m1111111/s1/i1D3,2D3,3D3,4D2,5D2,6D2,7D,8D,9D,10D,11D2,12D2,16D;1D3,2D3,3D3,4D2,5D2,6D2,7D,8D,9D,10D,11D2,12D2,13D2;3D3,4D2,5D2,6D2,7D,8D,9D,10D,11D2,12D2,13D2,16D;1D3,3D3,4D2,5D2,6D2,7D,8D,9D,10D,11D2,12D2,16D;1D3,3D3,4D2,5D2,6D2,7D,8D,9D,10D,11D2,12D2,13D2;3D3,4D2,5D2,6D2,7D,8D,9D,10D,11D2,12D2,16D;3D3,4D2,5D2,6D2,7D,8D,9D,10D,11D2,12D2,13D2. The lowest BCUT2D eigenvalue weighted by atomic mass is 9.72. The molecule has 0 radical (unpaired) electrons. The molecule has 21 nitrogen and oxygen atoms in total. The molecule has 0 bridgehead atoms. The van der Waals surface area contributed by atoms with Gasteiger partial charge in [-0.25, -0.2) is 0 Å². The van der Waals surface area contributed by atoms with Crippen molar-refractivity contribution in [2.24, 2.45) is 0 Å². The molecule has 7 aliphatic carbocycles. The van der Waals surface area contributed by atoms with Crippen molar-refractivity contribution < 1.29 is 273 Å². The lowest BCUT2D eigenvalue weighted by Crippen LogP contribution is -2.42. The number of ether oxygens (including phenoxy) is 7. The van der Waals surface area contributed by atoms with Crippen LogP contribution in [-0.4, -0.2) is 302 Å². The summed E-state index contributed by atoms with van der Waals surface area (Å²) in [5.41, 5.74) is -42.4. The second kappa shape index (κ2) is 58.7. The van der Waals surface area contributed by atoms with Crippen molar-refractivity contribution >= 4 is 0 Å². The van der Waals surface area contributed by atoms with Crippen LogP contribution in [0.1, 0.15) is 508 Å². The number of rotatable bonds is 35. The maximum atomic E-state index is 12.1. The topological polar surface area (TPSA) is 229 Å². The highest BCUT2D eigenvalue weighted by Crippen LogP contribution is 2.49. The van der Waals surface area contributed by atoms with Crippen LogP contribution in [0.15, 0.2) is 169 Å². The van der Waals surface area contributed by atoms with E-state index < -0.39 is 699 Å². The minimum absolute atomic E-state index is 0.206. The van der Waals surface area contributed by atoms with Crippen LogP contribution in [0.5, 0.6) is 40.2 Å². The van der Waals surface area contributed by atoms with Crippen molar-refractivity contribution in [3.8, 4) is 40.2 Å². The second-order valence-corrected chi connectivity index (χ2v) is 27.7. The lowest BCUT2D eigenvalue weighted by molar-refractivity contribution is -0.0280. The van der Waals surface area contributed by atoms with Crippen LogP contribution < -0.4 is 33.2 Å². The third kappa shape index (κ3) is 36.7. The Kier molecular flexibility index (Phi) is 11.5. The summed E-state index contributed by atoms with van der Waals surface area (Å²) in [6.45, 7) is -43.1. The van der Waals surface area contributed by atoms with E-state index in [0.717, 1.165) is 40.1 Å². The Morgan fingerprint density at radius 3 is 0.614 bits per heavy atom. The summed E-state index contributed by atoms with van der Waals surface area (Å²) >= 11 is 0. The van der Waals surface area contributed by atoms with E-state index in [1.54, 1.807) is 0 Å². The molecule has 7 aromatic carbocycles. The SMILES string of the molecule is [2H]c1c([2H])c([C@@H](C([2H])([2H])N(C([2H])([2H])[2H])C([2H])([2H])[2H])C2(O)C([2H])([2H])C([2H])([2H])C([2H])([2H])C([2H])([2H])C2([2H])[2H])c([2H])c([2H])c1OC([2H])([2H])[2H].[2H]c1c([2H])c([C@@H](C([2H])([2H])N(C)C([2H])([2H])[2H])C2(O)C([2H])([2H])C([2H])([2H])C([2H])([2H])C([2H])([2H])C2([2H])[2H])c([2H])c([2H])c1OC([2H])([2H])[2H].[2H]c1c([2H])c([C@@H](C([2H])([2H])N(C)C)C2(O)C([2H])([2H])C([2H])([2H])C([2H])([2H])C([2H])([2H])C2([2H])[2H])c([2H])c([2H])c1OC([2H])([2H])[2H].[2H]c1c([2H])c([C@@]([2H])(C([2H])([2H])N(C)C)C2(O)C([2H])([2H])C([2H])([2H])C([2H])([2H])C([2H])([2H])C2([2H])[2H])c([2H])c([2H])c1OC([2H])([2H])[2H].[2H]c1c([2H])c([C@@]([2H])(CN(C([2H])([2H])[2H])C([2H])([2H])[2H])C2(O)C([2H])([2H])C([2H])([2H])C([2H])([2H])C([2H])([2H])C2([2H])[2H])c([2H])c([2H])c1OC([2H])([2H])[2H].[2H]c1c([2H])c([C@@]([2H])(CN(C)C([2H])([2H])[2H])C2(O)C([2H])([2H])C([2H])([2H])C([2H])([2H])C([2H])([2H])C2([2H])[2H])c([2H])c([2H])c1OC([2H])([2H])[2H].[2H]c1c([2H])c([C@@]([2H])(CN(C)C)C2(O)C([2H])([2H])C([2H])([2H])C([2H])([2H])C([2H])([2H])C2([2H])[2H])c([2H])c([2H])c1OC([2H])([2H])[2H]. The molecule has 7 aliphatic rings. The van der Waals surface area contributed by atoms with Crippen LogP contribution in [-0.2, 0) is 0 Å². The third-order valence-corrected chi connectivity index (χ3v) is 16.8. The minimum Gasteiger partial charge on any atom is -0.497 e. The summed E-state index contributed by atoms with van der Waals surface area (Å²) in [7, 11) is -16.0. The van der Waals surface area contributed by atoms with Crippen molar-refractivity contribution in [2.75, 3.05) is 193 Å². The summed E-state index contributed by atoms with van der Waals surface area (Å²) in [6, 6.07) is -39.9. The van der Waals surface area contributed by atoms with Crippen molar-refractivity contribution in [1.82, 2.24) is 34.3 Å². The van der Waals surface area contributed by atoms with Gasteiger partial charge in [-0.1, -0.05) is 218 Å². The molecule has 7 fully saturated rings. The molecule has 0 spiro atoms. The van der Waals surface area contributed by atoms with Crippen LogP contribution >= 0.6 is 0 Å². The van der Waals surface area contributed by atoms with Gasteiger partial charge >= 0.3 is 0 Å². The predicted molar refractivity (Wildman–Crippen MR) is 576 cm³/mol. The number of methoxy groups -OCH3 is 7. The zero-order valence-electron chi connectivity index (χ0n) is 222. The van der Waals surface area contributed by atoms with Gasteiger partial charge in [-0.15, -0.1) is 0 Å². The first-order chi connectivity index (χ1) is 125. The number of benzene rings is 7. The summed E-state index contributed by atoms with van der Waals surface area (Å²) in [5, 5.41) is 84.1. The van der Waals surface area contributed by atoms with Gasteiger partial charge in [-0.05, 0) is 311 Å². The maximum absolute atomic E-state index is 12.1. The van der Waals surface area contributed by atoms with E-state index in [9.17, 15) is 41.2 Å². The predicted octanol–water partition coefficient (Wildman–Crippen LogP) is 21.2. The molecular formula is C119H189N7O14. The second-order valence-electron chi connectivity index (χ2n) is 27.7. The smallest absolute Gasteiger partial charge is 0.118 e. The summed E-state index contributed by atoms with van der Waals surface area (Å²) < 4.78 is 1240. The molecule has 7 aromatic rings. The molecule has 0 aliphatic heterocycles. The van der Waals surface area contributed by atoms with E-state index in [1.165, 1.54) is 14.1 Å². The van der Waals surface area contributed by atoms with E-state index in [1.807, 2.05) is 0 Å². The molecule has 7 N–H and O–H groups in total. The average molecular weight is 2090 g/mol. The fraction of sp³-hybridized carbons (Fsp3) is 0.647. The van der Waals surface area contributed by atoms with Gasteiger partial charge in [-0.2, -0.15) is 0 Å². The van der Waals surface area contributed by atoms with Gasteiger partial charge in [0.1, 0.15) is 40.2 Å². The fourth-order valence-corrected chi connectivity index (χ4v) is 10.7. The van der Waals surface area contributed by atoms with Gasteiger partial charge in [0.2, 0.25) is 0 Å². The Morgan fingerprint density at radius 2 is 0.407 bits per heavy atom. The van der Waals surface area contributed by atoms with Crippen molar-refractivity contribution in [1.29, 1.82) is 0 Å². The van der Waals surface area contributed by atoms with Crippen LogP contribution in [0.4, 0.5) is 0 Å². The van der Waals surface area contributed by atoms with Crippen molar-refractivity contribution in [3.63, 3.8) is 0 Å². The molecule has 0 unspecified atom stereocenters. The Labute approximate surface area is 1060 Å². The molecule has 7 atom stereocenters. The first-order valence-electron chi connectivity index (χ1n) is 113. The molecule has 7 saturated carbocycles. The van der Waals surface area contributed by atoms with Crippen molar-refractivity contribution in [3.05, 3.63) is 208 Å². The lowest BCUT2D eigenvalue weighted by Gasteiger charge is -2.40. The highest BCUT2D eigenvalue weighted by Gasteiger charge is 2.46. The van der Waals surface area contributed by atoms with Gasteiger partial charge in [-0.3, -0.25) is 0 Å². The molecule has 14 rings (SSSR count). The molecule has 784 valence electrons. The van der Waals surface area contributed by atoms with Crippen molar-refractivity contribution in [2.45, 2.75) is 304 Å². The Morgan fingerprint density at radius 1 is 0.229 bits per heavy atom. The van der Waals surface area contributed by atoms with E-state index in [2.05, 4.69) is 33.2 Å². The van der Waals surface area contributed by atoms with Gasteiger partial charge in [0.15, 0.2) is 0 Å². The monoisotopic (exact) mass is 2090 g/mol. The summed E-state index contributed by atoms with van der Waals surface area (Å²) in [6.07, 6.45) is -149. The van der Waals surface area contributed by atoms with Gasteiger partial charge < -0.3 is 103 Å². The molecule has 140 heavy (non-hydrogen) atoms. The van der Waals surface area contributed by atoms with Gasteiger partial charge in [0.25, 0.3) is 0 Å². The van der Waals surface area contributed by atoms with E-state index in [0.29, 0.717) is 16.8 Å². The van der Waals surface area contributed by atoms with Crippen LogP contribution in [0, 0.1) is 0 Å². The Balaban J connectivity index is 0.000000393. The van der Waals surface area contributed by atoms with Crippen LogP contribution in [0.3, 0.4) is 0 Å². The maximum Gasteiger partial charge on any atom is 0.118 e. The summed E-state index contributed by atoms with van der Waals surface area (Å²) in [4.78, 5) is 0.469. The molecule has 0 aromatic heterocycles. The zero-order chi connectivity index (χ0) is 233. The number of nitrogens with zero attached hydrogens (tertiary/aromatic N) is 7. The minimum atomic E-state index is -4.84.